The number of fused-ring (bicyclic) bond motifs is 2. The van der Waals surface area contributed by atoms with E-state index >= 15 is 0 Å². The average Bonchev–Trinajstić information content (AvgIpc) is 3.18. The third-order valence-electron chi connectivity index (χ3n) is 6.14. The molecular formula is C26H38O6S2. The van der Waals surface area contributed by atoms with Crippen LogP contribution in [0.15, 0.2) is 0 Å². The van der Waals surface area contributed by atoms with Gasteiger partial charge in [0.2, 0.25) is 0 Å². The van der Waals surface area contributed by atoms with E-state index in [2.05, 4.69) is 55.4 Å². The third kappa shape index (κ3) is 4.54. The predicted octanol–water partition coefficient (Wildman–Crippen LogP) is 5.61. The second-order valence-corrected chi connectivity index (χ2v) is 14.5. The topological polar surface area (TPSA) is 77.4 Å². The molecule has 0 spiro atoms. The van der Waals surface area contributed by atoms with Crippen molar-refractivity contribution in [3.8, 4) is 32.8 Å². The van der Waals surface area contributed by atoms with Crippen LogP contribution in [-0.2, 0) is 10.8 Å². The molecule has 0 bridgehead atoms. The van der Waals surface area contributed by atoms with Gasteiger partial charge in [-0.3, -0.25) is 0 Å². The van der Waals surface area contributed by atoms with Gasteiger partial charge in [0.15, 0.2) is 23.0 Å². The van der Waals surface area contributed by atoms with Crippen LogP contribution in [0.1, 0.15) is 65.1 Å². The smallest absolute Gasteiger partial charge is 0.181 e. The van der Waals surface area contributed by atoms with Gasteiger partial charge in [0.1, 0.15) is 13.2 Å². The van der Waals surface area contributed by atoms with Gasteiger partial charge in [0.05, 0.1) is 51.4 Å². The van der Waals surface area contributed by atoms with Crippen molar-refractivity contribution >= 4 is 22.7 Å². The molecule has 8 heteroatoms. The molecule has 4 rings (SSSR count). The van der Waals surface area contributed by atoms with Gasteiger partial charge >= 0.3 is 0 Å². The Morgan fingerprint density at radius 1 is 0.647 bits per heavy atom. The quantitative estimate of drug-likeness (QED) is 0.559. The van der Waals surface area contributed by atoms with Crippen LogP contribution < -0.4 is 18.9 Å². The maximum atomic E-state index is 9.98. The Bertz CT molecular complexity index is 1050. The zero-order valence-electron chi connectivity index (χ0n) is 21.6. The number of ether oxygens (including phenoxy) is 4. The van der Waals surface area contributed by atoms with E-state index < -0.39 is 5.41 Å². The minimum atomic E-state index is -0.852. The standard InChI is InChI=1S/C26H38O6S2/c1-23(2,3)21-17-15(29-11-25(7,8)12-30-17)19(33-21)20-16-18(22(34-20)24(4,5)6)32-14-26(9-27,10-28)13-31-16/h27-28H,9-14H2,1-8H3. The van der Waals surface area contributed by atoms with Gasteiger partial charge in [-0.2, -0.15) is 0 Å². The molecule has 190 valence electrons. The number of hydrogen-bond donors (Lipinski definition) is 2. The van der Waals surface area contributed by atoms with Crippen molar-refractivity contribution in [2.24, 2.45) is 10.8 Å². The number of rotatable bonds is 3. The van der Waals surface area contributed by atoms with E-state index in [4.69, 9.17) is 18.9 Å². The van der Waals surface area contributed by atoms with Crippen molar-refractivity contribution in [1.29, 1.82) is 0 Å². The second kappa shape index (κ2) is 8.57. The first-order valence-corrected chi connectivity index (χ1v) is 13.4. The summed E-state index contributed by atoms with van der Waals surface area (Å²) in [5, 5.41) is 20.0. The molecule has 2 aliphatic rings. The molecule has 2 aliphatic heterocycles. The molecule has 34 heavy (non-hydrogen) atoms. The molecule has 0 aromatic carbocycles. The lowest BCUT2D eigenvalue weighted by Gasteiger charge is -2.26. The summed E-state index contributed by atoms with van der Waals surface area (Å²) in [6.45, 7) is 18.4. The lowest BCUT2D eigenvalue weighted by Crippen LogP contribution is -2.40. The minimum Gasteiger partial charge on any atom is -0.488 e. The summed E-state index contributed by atoms with van der Waals surface area (Å²) in [5.74, 6) is 2.96. The Kier molecular flexibility index (Phi) is 6.46. The van der Waals surface area contributed by atoms with Gasteiger partial charge in [-0.15, -0.1) is 22.7 Å². The average molecular weight is 511 g/mol. The normalized spacial score (nSPS) is 19.5. The molecule has 0 aliphatic carbocycles. The van der Waals surface area contributed by atoms with Gasteiger partial charge in [-0.1, -0.05) is 55.4 Å². The lowest BCUT2D eigenvalue weighted by molar-refractivity contribution is -0.00712. The van der Waals surface area contributed by atoms with Crippen LogP contribution in [0.5, 0.6) is 23.0 Å². The highest BCUT2D eigenvalue weighted by Crippen LogP contribution is 2.61. The lowest BCUT2D eigenvalue weighted by atomic mass is 9.92. The molecule has 0 fully saturated rings. The maximum Gasteiger partial charge on any atom is 0.181 e. The number of hydrogen-bond acceptors (Lipinski definition) is 8. The summed E-state index contributed by atoms with van der Waals surface area (Å²) in [4.78, 5) is 4.15. The fourth-order valence-corrected chi connectivity index (χ4v) is 6.53. The van der Waals surface area contributed by atoms with E-state index in [-0.39, 0.29) is 42.7 Å². The molecule has 6 nitrogen and oxygen atoms in total. The van der Waals surface area contributed by atoms with Crippen molar-refractivity contribution in [2.45, 2.75) is 66.2 Å². The zero-order chi connectivity index (χ0) is 25.1. The first-order valence-electron chi connectivity index (χ1n) is 11.8. The highest BCUT2D eigenvalue weighted by molar-refractivity contribution is 7.23. The second-order valence-electron chi connectivity index (χ2n) is 12.5. The molecule has 0 amide bonds. The van der Waals surface area contributed by atoms with Crippen LogP contribution in [-0.4, -0.2) is 49.9 Å². The predicted molar refractivity (Wildman–Crippen MR) is 137 cm³/mol. The molecule has 0 saturated heterocycles. The monoisotopic (exact) mass is 510 g/mol. The summed E-state index contributed by atoms with van der Waals surface area (Å²) in [6.07, 6.45) is 0. The van der Waals surface area contributed by atoms with E-state index in [1.165, 1.54) is 0 Å². The van der Waals surface area contributed by atoms with E-state index in [1.807, 2.05) is 0 Å². The van der Waals surface area contributed by atoms with Crippen LogP contribution in [0.25, 0.3) is 9.75 Å². The van der Waals surface area contributed by atoms with Crippen molar-refractivity contribution < 1.29 is 29.2 Å². The molecule has 0 unspecified atom stereocenters. The minimum absolute atomic E-state index is 0.104. The molecule has 0 atom stereocenters. The maximum absolute atomic E-state index is 9.98. The molecule has 4 heterocycles. The largest absolute Gasteiger partial charge is 0.488 e. The van der Waals surface area contributed by atoms with Gasteiger partial charge in [0, 0.05) is 16.2 Å². The van der Waals surface area contributed by atoms with E-state index in [1.54, 1.807) is 22.7 Å². The van der Waals surface area contributed by atoms with E-state index in [0.29, 0.717) is 24.7 Å². The Hall–Kier alpha value is -1.48. The third-order valence-corrected chi connectivity index (χ3v) is 9.47. The SMILES string of the molecule is CC1(C)COc2c(-c3sc(C(C)(C)C)c4c3OCC(CO)(CO)CO4)sc(C(C)(C)C)c2OC1. The van der Waals surface area contributed by atoms with Crippen molar-refractivity contribution in [1.82, 2.24) is 0 Å². The van der Waals surface area contributed by atoms with Crippen molar-refractivity contribution in [3.05, 3.63) is 9.75 Å². The molecule has 2 aromatic rings. The van der Waals surface area contributed by atoms with Crippen molar-refractivity contribution in [2.75, 3.05) is 39.6 Å². The Balaban J connectivity index is 1.92. The van der Waals surface area contributed by atoms with E-state index in [9.17, 15) is 10.2 Å². The number of aliphatic hydroxyl groups is 2. The molecule has 0 radical (unpaired) electrons. The highest BCUT2D eigenvalue weighted by Gasteiger charge is 2.41. The van der Waals surface area contributed by atoms with Gasteiger partial charge in [0.25, 0.3) is 0 Å². The van der Waals surface area contributed by atoms with Gasteiger partial charge in [-0.25, -0.2) is 0 Å². The highest BCUT2D eigenvalue weighted by atomic mass is 32.1. The first-order chi connectivity index (χ1) is 15.7. The van der Waals surface area contributed by atoms with Crippen LogP contribution in [0, 0.1) is 10.8 Å². The molecule has 2 aromatic heterocycles. The number of aliphatic hydroxyl groups excluding tert-OH is 2. The number of thiophene rings is 2. The van der Waals surface area contributed by atoms with Crippen LogP contribution in [0.4, 0.5) is 0 Å². The molecular weight excluding hydrogens is 472 g/mol. The van der Waals surface area contributed by atoms with Crippen molar-refractivity contribution in [3.63, 3.8) is 0 Å². The molecule has 0 saturated carbocycles. The van der Waals surface area contributed by atoms with E-state index in [0.717, 1.165) is 31.0 Å². The van der Waals surface area contributed by atoms with Crippen LogP contribution >= 0.6 is 22.7 Å². The van der Waals surface area contributed by atoms with Crippen LogP contribution in [0.3, 0.4) is 0 Å². The van der Waals surface area contributed by atoms with Gasteiger partial charge in [-0.05, 0) is 0 Å². The summed E-state index contributed by atoms with van der Waals surface area (Å²) in [6, 6.07) is 0. The zero-order valence-corrected chi connectivity index (χ0v) is 23.2. The Labute approximate surface area is 210 Å². The summed E-state index contributed by atoms with van der Waals surface area (Å²) in [7, 11) is 0. The van der Waals surface area contributed by atoms with Gasteiger partial charge < -0.3 is 29.2 Å². The van der Waals surface area contributed by atoms with Crippen LogP contribution in [0.2, 0.25) is 0 Å². The Morgan fingerprint density at radius 3 is 1.38 bits per heavy atom. The molecule has 2 N–H and O–H groups in total. The first kappa shape index (κ1) is 25.6. The summed E-state index contributed by atoms with van der Waals surface area (Å²) in [5.41, 5.74) is -1.25. The Morgan fingerprint density at radius 2 is 1.00 bits per heavy atom. The fraction of sp³-hybridized carbons (Fsp3) is 0.692. The fourth-order valence-electron chi connectivity index (χ4n) is 3.91. The summed E-state index contributed by atoms with van der Waals surface area (Å²) >= 11 is 3.35. The summed E-state index contributed by atoms with van der Waals surface area (Å²) < 4.78 is 25.4.